The summed E-state index contributed by atoms with van der Waals surface area (Å²) in [5, 5.41) is 13.8. The number of anilines is 1. The summed E-state index contributed by atoms with van der Waals surface area (Å²) in [6.07, 6.45) is 0.825. The molecule has 0 saturated carbocycles. The Bertz CT molecular complexity index is 1440. The van der Waals surface area contributed by atoms with Crippen molar-refractivity contribution in [3.63, 3.8) is 0 Å². The molecule has 188 valence electrons. The average molecular weight is 490 g/mol. The Morgan fingerprint density at radius 3 is 2.56 bits per heavy atom. The van der Waals surface area contributed by atoms with E-state index in [1.807, 2.05) is 41.9 Å². The lowest BCUT2D eigenvalue weighted by atomic mass is 9.98. The zero-order valence-electron chi connectivity index (χ0n) is 21.2. The van der Waals surface area contributed by atoms with Crippen molar-refractivity contribution in [3.8, 4) is 0 Å². The molecular formula is C27H32FN7O. The lowest BCUT2D eigenvalue weighted by molar-refractivity contribution is 0.186. The van der Waals surface area contributed by atoms with Gasteiger partial charge in [-0.1, -0.05) is 30.7 Å². The van der Waals surface area contributed by atoms with E-state index in [-0.39, 0.29) is 16.9 Å². The van der Waals surface area contributed by atoms with Crippen LogP contribution in [-0.2, 0) is 5.54 Å². The van der Waals surface area contributed by atoms with Gasteiger partial charge in [0.2, 0.25) is 0 Å². The van der Waals surface area contributed by atoms with E-state index in [9.17, 15) is 9.18 Å². The summed E-state index contributed by atoms with van der Waals surface area (Å²) in [5.41, 5.74) is 2.64. The van der Waals surface area contributed by atoms with Crippen molar-refractivity contribution >= 4 is 16.6 Å². The molecule has 0 radical (unpaired) electrons. The standard InChI is InChI=1S/C27H32FN7O/c1-5-27(3,4)35-25(30-31-32-35)24(20-17-19-16-18(2)10-11-22(19)29-26(20)36)34-14-12-33(13-15-34)23-9-7-6-8-21(23)28/h6-11,16-17,24H,5,12-15H2,1-4H3,(H,29,36)/t24-/m1/s1. The minimum Gasteiger partial charge on any atom is -0.367 e. The summed E-state index contributed by atoms with van der Waals surface area (Å²) in [6.45, 7) is 10.8. The van der Waals surface area contributed by atoms with Crippen LogP contribution in [0, 0.1) is 12.7 Å². The molecule has 1 N–H and O–H groups in total. The fraction of sp³-hybridized carbons (Fsp3) is 0.407. The van der Waals surface area contributed by atoms with Crippen LogP contribution in [0.4, 0.5) is 10.1 Å². The molecule has 1 aliphatic rings. The number of hydrogen-bond donors (Lipinski definition) is 1. The monoisotopic (exact) mass is 489 g/mol. The van der Waals surface area contributed by atoms with Crippen molar-refractivity contribution in [1.82, 2.24) is 30.1 Å². The maximum atomic E-state index is 14.4. The Morgan fingerprint density at radius 2 is 1.83 bits per heavy atom. The smallest absolute Gasteiger partial charge is 0.253 e. The highest BCUT2D eigenvalue weighted by molar-refractivity contribution is 5.79. The number of H-pyrrole nitrogens is 1. The van der Waals surface area contributed by atoms with Gasteiger partial charge in [0.15, 0.2) is 5.82 Å². The first-order valence-corrected chi connectivity index (χ1v) is 12.4. The van der Waals surface area contributed by atoms with Crippen molar-refractivity contribution < 1.29 is 4.39 Å². The van der Waals surface area contributed by atoms with Gasteiger partial charge >= 0.3 is 0 Å². The Hall–Kier alpha value is -3.59. The van der Waals surface area contributed by atoms with Crippen LogP contribution in [0.25, 0.3) is 10.9 Å². The van der Waals surface area contributed by atoms with Crippen LogP contribution in [0.1, 0.15) is 50.2 Å². The molecule has 0 aliphatic carbocycles. The van der Waals surface area contributed by atoms with Gasteiger partial charge in [-0.3, -0.25) is 9.69 Å². The van der Waals surface area contributed by atoms with Gasteiger partial charge in [0.25, 0.3) is 5.56 Å². The molecule has 8 nitrogen and oxygen atoms in total. The molecule has 2 aromatic heterocycles. The number of benzene rings is 2. The minimum atomic E-state index is -0.442. The molecule has 3 heterocycles. The van der Waals surface area contributed by atoms with Gasteiger partial charge in [-0.2, -0.15) is 0 Å². The van der Waals surface area contributed by atoms with E-state index in [1.165, 1.54) is 6.07 Å². The van der Waals surface area contributed by atoms with Crippen molar-refractivity contribution in [2.45, 2.75) is 45.7 Å². The molecule has 0 bridgehead atoms. The third-order valence-electron chi connectivity index (χ3n) is 7.37. The molecule has 1 atom stereocenters. The fourth-order valence-corrected chi connectivity index (χ4v) is 4.92. The molecule has 36 heavy (non-hydrogen) atoms. The van der Waals surface area contributed by atoms with Crippen molar-refractivity contribution in [3.05, 3.63) is 81.7 Å². The second kappa shape index (κ2) is 9.46. The lowest BCUT2D eigenvalue weighted by Crippen LogP contribution is -2.49. The van der Waals surface area contributed by atoms with E-state index in [0.717, 1.165) is 22.9 Å². The normalized spacial score (nSPS) is 16.0. The predicted molar refractivity (Wildman–Crippen MR) is 139 cm³/mol. The molecule has 1 saturated heterocycles. The Labute approximate surface area is 209 Å². The highest BCUT2D eigenvalue weighted by atomic mass is 19.1. The number of halogens is 1. The largest absolute Gasteiger partial charge is 0.367 e. The quantitative estimate of drug-likeness (QED) is 0.441. The number of tetrazole rings is 1. The summed E-state index contributed by atoms with van der Waals surface area (Å²) in [7, 11) is 0. The number of pyridine rings is 1. The van der Waals surface area contributed by atoms with Gasteiger partial charge in [0.05, 0.1) is 11.2 Å². The lowest BCUT2D eigenvalue weighted by Gasteiger charge is -2.40. The Balaban J connectivity index is 1.58. The van der Waals surface area contributed by atoms with Crippen LogP contribution in [0.15, 0.2) is 53.3 Å². The number of hydrogen-bond acceptors (Lipinski definition) is 6. The van der Waals surface area contributed by atoms with Gasteiger partial charge in [0.1, 0.15) is 11.9 Å². The number of nitrogens with one attached hydrogen (secondary N) is 1. The first-order valence-electron chi connectivity index (χ1n) is 12.4. The molecular weight excluding hydrogens is 457 g/mol. The van der Waals surface area contributed by atoms with E-state index in [0.29, 0.717) is 43.3 Å². The highest BCUT2D eigenvalue weighted by Crippen LogP contribution is 2.32. The van der Waals surface area contributed by atoms with Crippen LogP contribution >= 0.6 is 0 Å². The third kappa shape index (κ3) is 4.39. The maximum absolute atomic E-state index is 14.4. The Morgan fingerprint density at radius 1 is 1.08 bits per heavy atom. The SMILES string of the molecule is CCC(C)(C)n1nnnc1[C@@H](c1cc2cc(C)ccc2[nH]c1=O)N1CCN(c2ccccc2F)CC1. The number of aromatic amines is 1. The van der Waals surface area contributed by atoms with Crippen molar-refractivity contribution in [2.24, 2.45) is 0 Å². The number of aromatic nitrogens is 5. The minimum absolute atomic E-state index is 0.156. The fourth-order valence-electron chi connectivity index (χ4n) is 4.92. The summed E-state index contributed by atoms with van der Waals surface area (Å²) in [6, 6.07) is 14.4. The average Bonchev–Trinajstić information content (AvgIpc) is 3.36. The maximum Gasteiger partial charge on any atom is 0.253 e. The van der Waals surface area contributed by atoms with E-state index < -0.39 is 6.04 Å². The van der Waals surface area contributed by atoms with Crippen LogP contribution in [-0.4, -0.2) is 56.3 Å². The molecule has 0 amide bonds. The summed E-state index contributed by atoms with van der Waals surface area (Å²) >= 11 is 0. The van der Waals surface area contributed by atoms with Crippen LogP contribution < -0.4 is 10.5 Å². The van der Waals surface area contributed by atoms with Crippen LogP contribution in [0.5, 0.6) is 0 Å². The van der Waals surface area contributed by atoms with Gasteiger partial charge in [-0.25, -0.2) is 9.07 Å². The topological polar surface area (TPSA) is 82.9 Å². The zero-order valence-corrected chi connectivity index (χ0v) is 21.2. The van der Waals surface area contributed by atoms with E-state index in [1.54, 1.807) is 6.07 Å². The molecule has 9 heteroatoms. The van der Waals surface area contributed by atoms with Gasteiger partial charge in [-0.15, -0.1) is 5.10 Å². The number of rotatable bonds is 6. The van der Waals surface area contributed by atoms with Crippen molar-refractivity contribution in [2.75, 3.05) is 31.1 Å². The third-order valence-corrected chi connectivity index (χ3v) is 7.37. The second-order valence-electron chi connectivity index (χ2n) is 10.1. The van der Waals surface area contributed by atoms with Gasteiger partial charge in [0, 0.05) is 37.3 Å². The summed E-state index contributed by atoms with van der Waals surface area (Å²) < 4.78 is 16.3. The number of aryl methyl sites for hydroxylation is 1. The van der Waals surface area contributed by atoms with Gasteiger partial charge in [-0.05, 0) is 73.3 Å². The van der Waals surface area contributed by atoms with Gasteiger partial charge < -0.3 is 9.88 Å². The molecule has 0 spiro atoms. The molecule has 5 rings (SSSR count). The van der Waals surface area contributed by atoms with E-state index in [2.05, 4.69) is 57.1 Å². The van der Waals surface area contributed by atoms with E-state index in [4.69, 9.17) is 0 Å². The van der Waals surface area contributed by atoms with Crippen molar-refractivity contribution in [1.29, 1.82) is 0 Å². The first-order chi connectivity index (χ1) is 17.3. The first kappa shape index (κ1) is 24.1. The summed E-state index contributed by atoms with van der Waals surface area (Å²) in [5.74, 6) is 0.413. The molecule has 0 unspecified atom stereocenters. The number of para-hydroxylation sites is 1. The zero-order chi connectivity index (χ0) is 25.4. The molecule has 4 aromatic rings. The number of piperazine rings is 1. The second-order valence-corrected chi connectivity index (χ2v) is 10.1. The Kier molecular flexibility index (Phi) is 6.34. The summed E-state index contributed by atoms with van der Waals surface area (Å²) in [4.78, 5) is 20.8. The molecule has 1 fully saturated rings. The predicted octanol–water partition coefficient (Wildman–Crippen LogP) is 4.02. The number of nitrogens with zero attached hydrogens (tertiary/aromatic N) is 6. The molecule has 2 aromatic carbocycles. The highest BCUT2D eigenvalue weighted by Gasteiger charge is 2.36. The molecule has 1 aliphatic heterocycles. The van der Waals surface area contributed by atoms with Crippen LogP contribution in [0.3, 0.4) is 0 Å². The van der Waals surface area contributed by atoms with E-state index >= 15 is 0 Å². The number of fused-ring (bicyclic) bond motifs is 1. The van der Waals surface area contributed by atoms with Crippen LogP contribution in [0.2, 0.25) is 0 Å².